The van der Waals surface area contributed by atoms with Crippen LogP contribution in [0.4, 0.5) is 0 Å². The van der Waals surface area contributed by atoms with Crippen molar-refractivity contribution in [2.24, 2.45) is 0 Å². The van der Waals surface area contributed by atoms with E-state index in [1.807, 2.05) is 6.92 Å². The third-order valence-corrected chi connectivity index (χ3v) is 2.25. The van der Waals surface area contributed by atoms with Crippen LogP contribution in [-0.2, 0) is 14.3 Å². The van der Waals surface area contributed by atoms with Crippen LogP contribution in [0.2, 0.25) is 0 Å². The highest BCUT2D eigenvalue weighted by Gasteiger charge is 2.41. The molecule has 1 fully saturated rings. The smallest absolute Gasteiger partial charge is 0.330 e. The lowest BCUT2D eigenvalue weighted by molar-refractivity contribution is -0.143. The lowest BCUT2D eigenvalue weighted by Crippen LogP contribution is -2.13. The minimum absolute atomic E-state index is 0.190. The van der Waals surface area contributed by atoms with E-state index in [9.17, 15) is 9.59 Å². The van der Waals surface area contributed by atoms with Crippen molar-refractivity contribution in [3.05, 3.63) is 12.2 Å². The van der Waals surface area contributed by atoms with E-state index in [-0.39, 0.29) is 11.6 Å². The molecule has 0 atom stereocenters. The van der Waals surface area contributed by atoms with Crippen LogP contribution in [-0.4, -0.2) is 17.9 Å². The van der Waals surface area contributed by atoms with Crippen LogP contribution in [0.1, 0.15) is 39.0 Å². The Hall–Kier alpha value is -1.12. The van der Waals surface area contributed by atoms with Gasteiger partial charge in [0.25, 0.3) is 0 Å². The average molecular weight is 196 g/mol. The van der Waals surface area contributed by atoms with Crippen molar-refractivity contribution >= 4 is 12.3 Å². The highest BCUT2D eigenvalue weighted by molar-refractivity contribution is 5.82. The Labute approximate surface area is 84.1 Å². The molecule has 0 saturated heterocycles. The first kappa shape index (κ1) is 11.0. The molecule has 0 aliphatic heterocycles. The van der Waals surface area contributed by atoms with Crippen LogP contribution >= 0.6 is 0 Å². The van der Waals surface area contributed by atoms with Gasteiger partial charge in [-0.15, -0.1) is 0 Å². The van der Waals surface area contributed by atoms with Crippen LogP contribution in [0.15, 0.2) is 12.2 Å². The zero-order valence-corrected chi connectivity index (χ0v) is 8.49. The number of allylic oxidation sites excluding steroid dienone is 1. The molecule has 1 rings (SSSR count). The van der Waals surface area contributed by atoms with Crippen LogP contribution < -0.4 is 0 Å². The average Bonchev–Trinajstić information content (AvgIpc) is 2.83. The lowest BCUT2D eigenvalue weighted by atomic mass is 10.2. The number of carbonyl (C=O) groups excluding carboxylic acids is 2. The van der Waals surface area contributed by atoms with Crippen molar-refractivity contribution in [3.63, 3.8) is 0 Å². The number of hydrogen-bond donors (Lipinski definition) is 0. The van der Waals surface area contributed by atoms with Crippen LogP contribution in [0.3, 0.4) is 0 Å². The molecule has 1 aliphatic rings. The maximum Gasteiger partial charge on any atom is 0.330 e. The summed E-state index contributed by atoms with van der Waals surface area (Å²) in [5, 5.41) is 0. The maximum absolute atomic E-state index is 11.2. The van der Waals surface area contributed by atoms with Gasteiger partial charge in [-0.2, -0.15) is 0 Å². The number of rotatable bonds is 6. The summed E-state index contributed by atoms with van der Waals surface area (Å²) in [7, 11) is 0. The molecule has 0 bridgehead atoms. The lowest BCUT2D eigenvalue weighted by Gasteiger charge is -2.07. The van der Waals surface area contributed by atoms with E-state index in [0.717, 1.165) is 32.0 Å². The quantitative estimate of drug-likeness (QED) is 0.282. The first-order valence-electron chi connectivity index (χ1n) is 4.99. The summed E-state index contributed by atoms with van der Waals surface area (Å²) in [6.07, 6.45) is 8.14. The molecule has 3 heteroatoms. The summed E-state index contributed by atoms with van der Waals surface area (Å²) in [6.45, 7) is 1.94. The molecular formula is C11H16O3. The Morgan fingerprint density at radius 2 is 2.14 bits per heavy atom. The van der Waals surface area contributed by atoms with E-state index in [2.05, 4.69) is 0 Å². The second kappa shape index (κ2) is 4.94. The van der Waals surface area contributed by atoms with Gasteiger partial charge in [0.2, 0.25) is 0 Å². The van der Waals surface area contributed by atoms with Crippen molar-refractivity contribution in [2.75, 3.05) is 0 Å². The van der Waals surface area contributed by atoms with Crippen molar-refractivity contribution in [3.8, 4) is 0 Å². The molecule has 0 N–H and O–H groups in total. The van der Waals surface area contributed by atoms with E-state index in [1.165, 1.54) is 6.08 Å². The molecule has 0 amide bonds. The Morgan fingerprint density at radius 1 is 1.43 bits per heavy atom. The summed E-state index contributed by atoms with van der Waals surface area (Å²) in [6, 6.07) is 0. The zero-order chi connectivity index (χ0) is 10.4. The van der Waals surface area contributed by atoms with E-state index < -0.39 is 0 Å². The summed E-state index contributed by atoms with van der Waals surface area (Å²) >= 11 is 0. The van der Waals surface area contributed by atoms with Gasteiger partial charge < -0.3 is 9.53 Å². The number of unbranched alkanes of at least 4 members (excludes halogenated alkanes) is 2. The van der Waals surface area contributed by atoms with Gasteiger partial charge in [-0.05, 0) is 32.6 Å². The zero-order valence-electron chi connectivity index (χ0n) is 8.49. The van der Waals surface area contributed by atoms with Gasteiger partial charge in [-0.1, -0.05) is 6.08 Å². The number of ether oxygens (including phenoxy) is 1. The molecule has 0 aromatic rings. The topological polar surface area (TPSA) is 43.4 Å². The highest BCUT2D eigenvalue weighted by atomic mass is 16.6. The van der Waals surface area contributed by atoms with Gasteiger partial charge in [0.05, 0.1) is 0 Å². The second-order valence-corrected chi connectivity index (χ2v) is 3.87. The van der Waals surface area contributed by atoms with Gasteiger partial charge in [-0.25, -0.2) is 4.79 Å². The Kier molecular flexibility index (Phi) is 3.86. The van der Waals surface area contributed by atoms with Gasteiger partial charge >= 0.3 is 5.97 Å². The van der Waals surface area contributed by atoms with Gasteiger partial charge in [-0.3, -0.25) is 0 Å². The van der Waals surface area contributed by atoms with Crippen molar-refractivity contribution in [1.29, 1.82) is 0 Å². The molecule has 14 heavy (non-hydrogen) atoms. The van der Waals surface area contributed by atoms with Crippen molar-refractivity contribution in [2.45, 2.75) is 44.6 Å². The third kappa shape index (κ3) is 4.21. The molecule has 78 valence electrons. The highest BCUT2D eigenvalue weighted by Crippen LogP contribution is 2.38. The predicted molar refractivity (Wildman–Crippen MR) is 52.8 cm³/mol. The third-order valence-electron chi connectivity index (χ3n) is 2.25. The largest absolute Gasteiger partial charge is 0.456 e. The minimum atomic E-state index is -0.267. The van der Waals surface area contributed by atoms with E-state index in [1.54, 1.807) is 6.08 Å². The predicted octanol–water partition coefficient (Wildman–Crippen LogP) is 2.01. The summed E-state index contributed by atoms with van der Waals surface area (Å²) in [5.41, 5.74) is -0.190. The van der Waals surface area contributed by atoms with Crippen LogP contribution in [0.25, 0.3) is 0 Å². The SMILES string of the molecule is CC1(OC(=O)/C=C/CCCC=O)CC1. The van der Waals surface area contributed by atoms with E-state index in [0.29, 0.717) is 6.42 Å². The van der Waals surface area contributed by atoms with Crippen molar-refractivity contribution < 1.29 is 14.3 Å². The number of aldehydes is 1. The summed E-state index contributed by atoms with van der Waals surface area (Å²) in [4.78, 5) is 21.1. The second-order valence-electron chi connectivity index (χ2n) is 3.87. The fraction of sp³-hybridized carbons (Fsp3) is 0.636. The van der Waals surface area contributed by atoms with Gasteiger partial charge in [0, 0.05) is 12.5 Å². The maximum atomic E-state index is 11.2. The number of esters is 1. The Morgan fingerprint density at radius 3 is 2.71 bits per heavy atom. The number of carbonyl (C=O) groups is 2. The van der Waals surface area contributed by atoms with Gasteiger partial charge in [0.1, 0.15) is 11.9 Å². The first-order valence-corrected chi connectivity index (χ1v) is 4.99. The number of hydrogen-bond acceptors (Lipinski definition) is 3. The summed E-state index contributed by atoms with van der Waals surface area (Å²) in [5.74, 6) is -0.267. The molecule has 0 spiro atoms. The fourth-order valence-electron chi connectivity index (χ4n) is 1.05. The van der Waals surface area contributed by atoms with Crippen molar-refractivity contribution in [1.82, 2.24) is 0 Å². The standard InChI is InChI=1S/C11H16O3/c1-11(7-8-11)14-10(13)6-4-2-3-5-9-12/h4,6,9H,2-3,5,7-8H2,1H3/b6-4+. The molecule has 1 aliphatic carbocycles. The molecule has 3 nitrogen and oxygen atoms in total. The van der Waals surface area contributed by atoms with E-state index in [4.69, 9.17) is 4.74 Å². The summed E-state index contributed by atoms with van der Waals surface area (Å²) < 4.78 is 5.16. The molecule has 0 unspecified atom stereocenters. The normalized spacial score (nSPS) is 18.1. The molecular weight excluding hydrogens is 180 g/mol. The molecule has 1 saturated carbocycles. The minimum Gasteiger partial charge on any atom is -0.456 e. The first-order chi connectivity index (χ1) is 6.66. The molecule has 0 heterocycles. The van der Waals surface area contributed by atoms with Crippen LogP contribution in [0, 0.1) is 0 Å². The molecule has 0 aromatic carbocycles. The monoisotopic (exact) mass is 196 g/mol. The van der Waals surface area contributed by atoms with Gasteiger partial charge in [0.15, 0.2) is 0 Å². The Balaban J connectivity index is 2.10. The molecule has 0 aromatic heterocycles. The fourth-order valence-corrected chi connectivity index (χ4v) is 1.05. The molecule has 0 radical (unpaired) electrons. The van der Waals surface area contributed by atoms with E-state index >= 15 is 0 Å². The van der Waals surface area contributed by atoms with Crippen LogP contribution in [0.5, 0.6) is 0 Å². The Bertz CT molecular complexity index is 239.